The van der Waals surface area contributed by atoms with E-state index in [9.17, 15) is 4.39 Å². The van der Waals surface area contributed by atoms with Gasteiger partial charge in [0.25, 0.3) is 0 Å². The van der Waals surface area contributed by atoms with Gasteiger partial charge in [-0.2, -0.15) is 0 Å². The summed E-state index contributed by atoms with van der Waals surface area (Å²) in [5.41, 5.74) is 0.813. The Balaban J connectivity index is 1.97. The van der Waals surface area contributed by atoms with E-state index in [1.165, 1.54) is 6.07 Å². The maximum atomic E-state index is 13.1. The van der Waals surface area contributed by atoms with Gasteiger partial charge in [0.2, 0.25) is 0 Å². The summed E-state index contributed by atoms with van der Waals surface area (Å²) in [6, 6.07) is 4.86. The molecule has 1 saturated heterocycles. The van der Waals surface area contributed by atoms with Crippen molar-refractivity contribution in [1.29, 1.82) is 0 Å². The highest BCUT2D eigenvalue weighted by Gasteiger charge is 2.26. The van der Waals surface area contributed by atoms with Gasteiger partial charge in [0, 0.05) is 32.2 Å². The van der Waals surface area contributed by atoms with E-state index < -0.39 is 0 Å². The average Bonchev–Trinajstić information content (AvgIpc) is 2.17. The van der Waals surface area contributed by atoms with Crippen molar-refractivity contribution in [1.82, 2.24) is 4.90 Å². The smallest absolute Gasteiger partial charge is 0.142 e. The Labute approximate surface area is 93.3 Å². The van der Waals surface area contributed by atoms with Crippen LogP contribution in [0, 0.1) is 11.7 Å². The Bertz CT molecular complexity index is 352. The number of aliphatic hydroxyl groups excluding tert-OH is 1. The summed E-state index contributed by atoms with van der Waals surface area (Å²) in [5, 5.41) is 9.07. The molecule has 15 heavy (non-hydrogen) atoms. The number of rotatable bonds is 3. The van der Waals surface area contributed by atoms with Gasteiger partial charge in [-0.25, -0.2) is 4.39 Å². The lowest BCUT2D eigenvalue weighted by atomic mass is 10.0. The van der Waals surface area contributed by atoms with Crippen molar-refractivity contribution >= 4 is 11.6 Å². The van der Waals surface area contributed by atoms with Gasteiger partial charge in [-0.1, -0.05) is 23.7 Å². The summed E-state index contributed by atoms with van der Waals surface area (Å²) in [6.45, 7) is 2.62. The third-order valence-electron chi connectivity index (χ3n) is 2.72. The molecule has 0 radical (unpaired) electrons. The van der Waals surface area contributed by atoms with Gasteiger partial charge in [-0.05, 0) is 11.6 Å². The van der Waals surface area contributed by atoms with Gasteiger partial charge in [0.15, 0.2) is 0 Å². The fourth-order valence-corrected chi connectivity index (χ4v) is 2.02. The standard InChI is InChI=1S/C11H13ClFNO/c12-11-9(2-1-3-10(11)13)6-14-4-8(5-14)7-15/h1-3,8,15H,4-7H2. The quantitative estimate of drug-likeness (QED) is 0.856. The van der Waals surface area contributed by atoms with Gasteiger partial charge in [0.05, 0.1) is 5.02 Å². The van der Waals surface area contributed by atoms with Crippen molar-refractivity contribution in [2.45, 2.75) is 6.54 Å². The molecule has 1 aliphatic heterocycles. The molecule has 1 aliphatic rings. The van der Waals surface area contributed by atoms with E-state index in [1.807, 2.05) is 6.07 Å². The molecule has 0 atom stereocenters. The van der Waals surface area contributed by atoms with Gasteiger partial charge in [0.1, 0.15) is 5.82 Å². The molecule has 4 heteroatoms. The number of hydrogen-bond acceptors (Lipinski definition) is 2. The maximum Gasteiger partial charge on any atom is 0.142 e. The first-order chi connectivity index (χ1) is 7.20. The SMILES string of the molecule is OCC1CN(Cc2cccc(F)c2Cl)C1. The molecule has 82 valence electrons. The van der Waals surface area contributed by atoms with Crippen LogP contribution >= 0.6 is 11.6 Å². The molecule has 1 N–H and O–H groups in total. The zero-order valence-electron chi connectivity index (χ0n) is 8.29. The van der Waals surface area contributed by atoms with Crippen molar-refractivity contribution in [3.8, 4) is 0 Å². The summed E-state index contributed by atoms with van der Waals surface area (Å²) in [4.78, 5) is 2.14. The molecular formula is C11H13ClFNO. The number of hydrogen-bond donors (Lipinski definition) is 1. The van der Waals surface area contributed by atoms with Crippen molar-refractivity contribution in [2.75, 3.05) is 19.7 Å². The molecule has 1 fully saturated rings. The molecule has 1 aromatic rings. The van der Waals surface area contributed by atoms with Crippen LogP contribution in [0.5, 0.6) is 0 Å². The molecule has 0 bridgehead atoms. The van der Waals surface area contributed by atoms with Gasteiger partial charge in [-0.3, -0.25) is 4.90 Å². The van der Waals surface area contributed by atoms with Crippen LogP contribution < -0.4 is 0 Å². The van der Waals surface area contributed by atoms with E-state index in [4.69, 9.17) is 16.7 Å². The molecule has 0 aromatic heterocycles. The van der Waals surface area contributed by atoms with Gasteiger partial charge >= 0.3 is 0 Å². The van der Waals surface area contributed by atoms with Crippen molar-refractivity contribution in [2.24, 2.45) is 5.92 Å². The van der Waals surface area contributed by atoms with Crippen LogP contribution in [0.25, 0.3) is 0 Å². The number of likely N-dealkylation sites (tertiary alicyclic amines) is 1. The predicted octanol–water partition coefficient (Wildman–Crippen LogP) is 1.90. The number of benzene rings is 1. The molecular weight excluding hydrogens is 217 g/mol. The van der Waals surface area contributed by atoms with E-state index in [1.54, 1.807) is 6.07 Å². The second-order valence-corrected chi connectivity index (χ2v) is 4.33. The van der Waals surface area contributed by atoms with Crippen LogP contribution in [0.4, 0.5) is 4.39 Å². The summed E-state index contributed by atoms with van der Waals surface area (Å²) < 4.78 is 13.1. The zero-order chi connectivity index (χ0) is 10.8. The van der Waals surface area contributed by atoms with Crippen molar-refractivity contribution < 1.29 is 9.50 Å². The second kappa shape index (κ2) is 4.47. The minimum absolute atomic E-state index is 0.213. The van der Waals surface area contributed by atoms with E-state index >= 15 is 0 Å². The van der Waals surface area contributed by atoms with E-state index in [-0.39, 0.29) is 17.4 Å². The number of aliphatic hydroxyl groups is 1. The van der Waals surface area contributed by atoms with Crippen LogP contribution in [0.3, 0.4) is 0 Å². The van der Waals surface area contributed by atoms with E-state index in [0.717, 1.165) is 18.7 Å². The van der Waals surface area contributed by atoms with Crippen LogP contribution in [0.2, 0.25) is 5.02 Å². The largest absolute Gasteiger partial charge is 0.396 e. The zero-order valence-corrected chi connectivity index (χ0v) is 9.04. The Morgan fingerprint density at radius 3 is 2.87 bits per heavy atom. The molecule has 2 nitrogen and oxygen atoms in total. The highest BCUT2D eigenvalue weighted by molar-refractivity contribution is 6.31. The summed E-state index contributed by atoms with van der Waals surface area (Å²) in [7, 11) is 0. The maximum absolute atomic E-state index is 13.1. The van der Waals surface area contributed by atoms with Gasteiger partial charge in [-0.15, -0.1) is 0 Å². The first-order valence-electron chi connectivity index (χ1n) is 4.97. The second-order valence-electron chi connectivity index (χ2n) is 3.96. The Hall–Kier alpha value is -0.640. The fraction of sp³-hybridized carbons (Fsp3) is 0.455. The third-order valence-corrected chi connectivity index (χ3v) is 3.14. The molecule has 1 heterocycles. The lowest BCUT2D eigenvalue weighted by Gasteiger charge is -2.38. The number of halogens is 2. The molecule has 2 rings (SSSR count). The van der Waals surface area contributed by atoms with Crippen LogP contribution in [0.1, 0.15) is 5.56 Å². The van der Waals surface area contributed by atoms with E-state index in [2.05, 4.69) is 4.90 Å². The number of nitrogens with zero attached hydrogens (tertiary/aromatic N) is 1. The lowest BCUT2D eigenvalue weighted by molar-refractivity contribution is 0.0479. The third kappa shape index (κ3) is 2.30. The lowest BCUT2D eigenvalue weighted by Crippen LogP contribution is -2.47. The molecule has 0 unspecified atom stereocenters. The molecule has 0 spiro atoms. The molecule has 1 aromatic carbocycles. The Morgan fingerprint density at radius 2 is 2.20 bits per heavy atom. The van der Waals surface area contributed by atoms with Crippen LogP contribution in [-0.2, 0) is 6.54 Å². The highest BCUT2D eigenvalue weighted by Crippen LogP contribution is 2.24. The normalized spacial score (nSPS) is 17.8. The van der Waals surface area contributed by atoms with Crippen molar-refractivity contribution in [3.05, 3.63) is 34.6 Å². The Kier molecular flexibility index (Phi) is 3.24. The topological polar surface area (TPSA) is 23.5 Å². The minimum Gasteiger partial charge on any atom is -0.396 e. The first-order valence-corrected chi connectivity index (χ1v) is 5.34. The molecule has 0 aliphatic carbocycles. The van der Waals surface area contributed by atoms with E-state index in [0.29, 0.717) is 12.5 Å². The van der Waals surface area contributed by atoms with Gasteiger partial charge < -0.3 is 5.11 Å². The molecule has 0 saturated carbocycles. The Morgan fingerprint density at radius 1 is 1.47 bits per heavy atom. The summed E-state index contributed by atoms with van der Waals surface area (Å²) in [6.07, 6.45) is 0. The average molecular weight is 230 g/mol. The van der Waals surface area contributed by atoms with Crippen LogP contribution in [-0.4, -0.2) is 29.7 Å². The predicted molar refractivity (Wildman–Crippen MR) is 57.3 cm³/mol. The van der Waals surface area contributed by atoms with Crippen LogP contribution in [0.15, 0.2) is 18.2 Å². The summed E-state index contributed by atoms with van der Waals surface area (Å²) in [5.74, 6) is 0.00531. The highest BCUT2D eigenvalue weighted by atomic mass is 35.5. The minimum atomic E-state index is -0.367. The molecule has 0 amide bonds. The van der Waals surface area contributed by atoms with Crippen molar-refractivity contribution in [3.63, 3.8) is 0 Å². The monoisotopic (exact) mass is 229 g/mol. The summed E-state index contributed by atoms with van der Waals surface area (Å²) >= 11 is 5.84. The fourth-order valence-electron chi connectivity index (χ4n) is 1.83. The first kappa shape index (κ1) is 10.9.